The molecular formula is C35H38BrN3O4S. The molecule has 0 saturated heterocycles. The molecule has 4 aromatic carbocycles. The van der Waals surface area contributed by atoms with Crippen LogP contribution in [-0.4, -0.2) is 43.8 Å². The van der Waals surface area contributed by atoms with Crippen LogP contribution in [0.2, 0.25) is 0 Å². The van der Waals surface area contributed by atoms with Gasteiger partial charge >= 0.3 is 0 Å². The molecule has 0 aromatic heterocycles. The lowest BCUT2D eigenvalue weighted by Gasteiger charge is -2.34. The Morgan fingerprint density at radius 2 is 1.45 bits per heavy atom. The number of halogens is 1. The number of carbonyl (C=O) groups is 2. The minimum Gasteiger partial charge on any atom is -0.352 e. The highest BCUT2D eigenvalue weighted by Gasteiger charge is 2.35. The molecule has 230 valence electrons. The third kappa shape index (κ3) is 8.57. The maximum absolute atomic E-state index is 14.5. The first-order valence-corrected chi connectivity index (χ1v) is 16.8. The van der Waals surface area contributed by atoms with Crippen LogP contribution in [-0.2, 0) is 32.6 Å². The van der Waals surface area contributed by atoms with Crippen molar-refractivity contribution in [3.05, 3.63) is 130 Å². The largest absolute Gasteiger partial charge is 0.352 e. The van der Waals surface area contributed by atoms with Crippen molar-refractivity contribution in [2.24, 2.45) is 0 Å². The van der Waals surface area contributed by atoms with Crippen LogP contribution in [0.1, 0.15) is 37.0 Å². The molecule has 0 radical (unpaired) electrons. The molecule has 0 unspecified atom stereocenters. The van der Waals surface area contributed by atoms with Crippen molar-refractivity contribution >= 4 is 43.5 Å². The summed E-state index contributed by atoms with van der Waals surface area (Å²) in [7, 11) is -4.13. The van der Waals surface area contributed by atoms with Crippen molar-refractivity contribution in [3.8, 4) is 0 Å². The van der Waals surface area contributed by atoms with Crippen molar-refractivity contribution in [2.75, 3.05) is 10.8 Å². The maximum Gasteiger partial charge on any atom is 0.264 e. The van der Waals surface area contributed by atoms with E-state index in [1.54, 1.807) is 42.5 Å². The number of hydrogen-bond donors (Lipinski definition) is 1. The van der Waals surface area contributed by atoms with Crippen molar-refractivity contribution in [1.82, 2.24) is 10.2 Å². The highest BCUT2D eigenvalue weighted by molar-refractivity contribution is 9.10. The van der Waals surface area contributed by atoms with E-state index in [4.69, 9.17) is 0 Å². The topological polar surface area (TPSA) is 86.8 Å². The summed E-state index contributed by atoms with van der Waals surface area (Å²) in [6.45, 7) is 5.51. The van der Waals surface area contributed by atoms with Crippen LogP contribution < -0.4 is 9.62 Å². The van der Waals surface area contributed by atoms with E-state index >= 15 is 0 Å². The summed E-state index contributed by atoms with van der Waals surface area (Å²) in [5, 5.41) is 3.06. The molecule has 44 heavy (non-hydrogen) atoms. The van der Waals surface area contributed by atoms with Crippen molar-refractivity contribution in [2.45, 2.75) is 57.1 Å². The molecular weight excluding hydrogens is 638 g/mol. The minimum absolute atomic E-state index is 0.0660. The van der Waals surface area contributed by atoms with E-state index < -0.39 is 28.5 Å². The van der Waals surface area contributed by atoms with E-state index in [9.17, 15) is 18.0 Å². The Kier molecular flexibility index (Phi) is 11.4. The number of nitrogens with zero attached hydrogens (tertiary/aromatic N) is 2. The Balaban J connectivity index is 1.80. The minimum atomic E-state index is -4.13. The van der Waals surface area contributed by atoms with Crippen molar-refractivity contribution in [3.63, 3.8) is 0 Å². The molecule has 0 aliphatic carbocycles. The zero-order valence-corrected chi connectivity index (χ0v) is 27.6. The fourth-order valence-corrected chi connectivity index (χ4v) is 6.56. The van der Waals surface area contributed by atoms with Gasteiger partial charge in [-0.1, -0.05) is 101 Å². The molecule has 0 aliphatic heterocycles. The molecule has 7 nitrogen and oxygen atoms in total. The average molecular weight is 677 g/mol. The zero-order valence-electron chi connectivity index (χ0n) is 25.2. The number of carbonyl (C=O) groups excluding carboxylic acids is 2. The molecule has 0 saturated carbocycles. The highest BCUT2D eigenvalue weighted by Crippen LogP contribution is 2.26. The van der Waals surface area contributed by atoms with Gasteiger partial charge in [-0.25, -0.2) is 8.42 Å². The number of anilines is 1. The van der Waals surface area contributed by atoms with E-state index in [-0.39, 0.29) is 29.8 Å². The lowest BCUT2D eigenvalue weighted by atomic mass is 10.0. The van der Waals surface area contributed by atoms with Gasteiger partial charge in [0, 0.05) is 23.5 Å². The van der Waals surface area contributed by atoms with Crippen LogP contribution in [0.5, 0.6) is 0 Å². The van der Waals surface area contributed by atoms with Crippen LogP contribution in [0.3, 0.4) is 0 Å². The number of aryl methyl sites for hydroxylation is 1. The number of amides is 2. The van der Waals surface area contributed by atoms with Crippen LogP contribution in [0.4, 0.5) is 5.69 Å². The average Bonchev–Trinajstić information content (AvgIpc) is 3.02. The maximum atomic E-state index is 14.5. The summed E-state index contributed by atoms with van der Waals surface area (Å²) >= 11 is 3.41. The van der Waals surface area contributed by atoms with Gasteiger partial charge < -0.3 is 10.2 Å². The smallest absolute Gasteiger partial charge is 0.264 e. The van der Waals surface area contributed by atoms with Gasteiger partial charge in [0.2, 0.25) is 11.8 Å². The van der Waals surface area contributed by atoms with E-state index in [1.807, 2.05) is 75.4 Å². The summed E-state index contributed by atoms with van der Waals surface area (Å²) in [6.07, 6.45) is 0.993. The number of benzene rings is 4. The predicted molar refractivity (Wildman–Crippen MR) is 179 cm³/mol. The molecule has 4 aromatic rings. The second-order valence-corrected chi connectivity index (χ2v) is 13.6. The molecule has 2 atom stereocenters. The first kappa shape index (κ1) is 33.0. The van der Waals surface area contributed by atoms with E-state index in [0.717, 1.165) is 31.9 Å². The molecule has 1 N–H and O–H groups in total. The Labute approximate surface area is 269 Å². The first-order valence-electron chi connectivity index (χ1n) is 14.6. The van der Waals surface area contributed by atoms with Crippen LogP contribution in [0.15, 0.2) is 119 Å². The van der Waals surface area contributed by atoms with E-state index in [1.165, 1.54) is 17.0 Å². The molecule has 0 aliphatic rings. The van der Waals surface area contributed by atoms with Gasteiger partial charge in [0.05, 0.1) is 10.6 Å². The molecule has 9 heteroatoms. The molecule has 0 bridgehead atoms. The molecule has 0 heterocycles. The Morgan fingerprint density at radius 1 is 0.841 bits per heavy atom. The van der Waals surface area contributed by atoms with Gasteiger partial charge in [-0.15, -0.1) is 0 Å². The standard InChI is InChI=1S/C35H38BrN3O4S/c1-4-27(3)37-35(41)33(23-28-13-7-5-8-14-28)38(24-29-15-11-12-26(2)22-29)34(40)25-39(31-20-18-30(36)19-21-31)44(42,43)32-16-9-6-10-17-32/h5-22,27,33H,4,23-25H2,1-3H3,(H,37,41)/t27-,33+/m0/s1. The number of sulfonamides is 1. The Bertz CT molecular complexity index is 1650. The Hall–Kier alpha value is -3.95. The second-order valence-electron chi connectivity index (χ2n) is 10.8. The van der Waals surface area contributed by atoms with E-state index in [0.29, 0.717) is 5.69 Å². The normalized spacial score (nSPS) is 12.6. The summed E-state index contributed by atoms with van der Waals surface area (Å²) in [5.74, 6) is -0.778. The number of hydrogen-bond acceptors (Lipinski definition) is 4. The number of nitrogens with one attached hydrogen (secondary N) is 1. The van der Waals surface area contributed by atoms with Crippen LogP contribution in [0, 0.1) is 6.92 Å². The quantitative estimate of drug-likeness (QED) is 0.175. The fourth-order valence-electron chi connectivity index (χ4n) is 4.86. The molecule has 2 amide bonds. The second kappa shape index (κ2) is 15.2. The number of rotatable bonds is 13. The third-order valence-corrected chi connectivity index (χ3v) is 9.75. The summed E-state index contributed by atoms with van der Waals surface area (Å²) in [4.78, 5) is 30.0. The van der Waals surface area contributed by atoms with E-state index in [2.05, 4.69) is 21.2 Å². The van der Waals surface area contributed by atoms with Gasteiger partial charge in [0.1, 0.15) is 12.6 Å². The predicted octanol–water partition coefficient (Wildman–Crippen LogP) is 6.51. The highest BCUT2D eigenvalue weighted by atomic mass is 79.9. The first-order chi connectivity index (χ1) is 21.1. The SMILES string of the molecule is CC[C@H](C)NC(=O)[C@@H](Cc1ccccc1)N(Cc1cccc(C)c1)C(=O)CN(c1ccc(Br)cc1)S(=O)(=O)c1ccccc1. The zero-order chi connectivity index (χ0) is 31.7. The van der Waals surface area contributed by atoms with Crippen molar-refractivity contribution in [1.29, 1.82) is 0 Å². The monoisotopic (exact) mass is 675 g/mol. The molecule has 0 spiro atoms. The Morgan fingerprint density at radius 3 is 2.07 bits per heavy atom. The van der Waals surface area contributed by atoms with Crippen LogP contribution in [0.25, 0.3) is 0 Å². The summed E-state index contributed by atoms with van der Waals surface area (Å²) in [6, 6.07) is 31.1. The van der Waals surface area contributed by atoms with Gasteiger partial charge in [-0.05, 0) is 67.8 Å². The third-order valence-electron chi connectivity index (χ3n) is 7.43. The fraction of sp³-hybridized carbons (Fsp3) is 0.257. The van der Waals surface area contributed by atoms with Gasteiger partial charge in [0.15, 0.2) is 0 Å². The van der Waals surface area contributed by atoms with Crippen LogP contribution >= 0.6 is 15.9 Å². The lowest BCUT2D eigenvalue weighted by Crippen LogP contribution is -2.54. The van der Waals surface area contributed by atoms with Crippen molar-refractivity contribution < 1.29 is 18.0 Å². The lowest BCUT2D eigenvalue weighted by molar-refractivity contribution is -0.140. The summed E-state index contributed by atoms with van der Waals surface area (Å²) in [5.41, 5.74) is 3.08. The van der Waals surface area contributed by atoms with Gasteiger partial charge in [-0.2, -0.15) is 0 Å². The summed E-state index contributed by atoms with van der Waals surface area (Å²) < 4.78 is 29.9. The molecule has 4 rings (SSSR count). The molecule has 0 fully saturated rings. The van der Waals surface area contributed by atoms with Gasteiger partial charge in [-0.3, -0.25) is 13.9 Å². The van der Waals surface area contributed by atoms with Gasteiger partial charge in [0.25, 0.3) is 10.0 Å².